The van der Waals surface area contributed by atoms with Crippen LogP contribution in [0.25, 0.3) is 0 Å². The van der Waals surface area contributed by atoms with Gasteiger partial charge < -0.3 is 15.4 Å². The third kappa shape index (κ3) is 3.75. The van der Waals surface area contributed by atoms with Gasteiger partial charge in [-0.3, -0.25) is 4.79 Å². The summed E-state index contributed by atoms with van der Waals surface area (Å²) in [5.74, 6) is -0.168. The molecule has 4 nitrogen and oxygen atoms in total. The van der Waals surface area contributed by atoms with Crippen molar-refractivity contribution in [2.75, 3.05) is 20.2 Å². The van der Waals surface area contributed by atoms with Gasteiger partial charge in [-0.15, -0.1) is 0 Å². The van der Waals surface area contributed by atoms with Crippen LogP contribution in [0.15, 0.2) is 18.2 Å². The lowest BCUT2D eigenvalue weighted by Crippen LogP contribution is -2.31. The third-order valence-corrected chi connectivity index (χ3v) is 3.31. The van der Waals surface area contributed by atoms with E-state index in [9.17, 15) is 9.18 Å². The van der Waals surface area contributed by atoms with Gasteiger partial charge in [-0.05, 0) is 30.7 Å². The molecule has 2 rings (SSSR count). The second kappa shape index (κ2) is 6.63. The van der Waals surface area contributed by atoms with E-state index in [0.717, 1.165) is 25.1 Å². The molecule has 1 fully saturated rings. The van der Waals surface area contributed by atoms with Crippen LogP contribution in [-0.2, 0) is 22.7 Å². The third-order valence-electron chi connectivity index (χ3n) is 3.31. The van der Waals surface area contributed by atoms with Crippen LogP contribution in [0.4, 0.5) is 4.39 Å². The van der Waals surface area contributed by atoms with E-state index >= 15 is 0 Å². The molecule has 0 aliphatic carbocycles. The molecule has 0 radical (unpaired) electrons. The maximum absolute atomic E-state index is 13.4. The summed E-state index contributed by atoms with van der Waals surface area (Å²) in [5.41, 5.74) is 1.39. The van der Waals surface area contributed by atoms with Crippen molar-refractivity contribution in [2.24, 2.45) is 5.92 Å². The molecule has 2 N–H and O–H groups in total. The first-order chi connectivity index (χ1) is 9.20. The predicted octanol–water partition coefficient (Wildman–Crippen LogP) is 1.20. The molecule has 1 saturated heterocycles. The van der Waals surface area contributed by atoms with Crippen LogP contribution < -0.4 is 10.6 Å². The van der Waals surface area contributed by atoms with Gasteiger partial charge in [0, 0.05) is 25.8 Å². The minimum Gasteiger partial charge on any atom is -0.380 e. The van der Waals surface area contributed by atoms with Crippen LogP contribution in [0.5, 0.6) is 0 Å². The van der Waals surface area contributed by atoms with Gasteiger partial charge in [-0.25, -0.2) is 4.39 Å². The number of hydrogen-bond donors (Lipinski definition) is 2. The summed E-state index contributed by atoms with van der Waals surface area (Å²) in [7, 11) is 1.53. The lowest BCUT2D eigenvalue weighted by Gasteiger charge is -2.11. The lowest BCUT2D eigenvalue weighted by molar-refractivity contribution is -0.124. The van der Waals surface area contributed by atoms with Gasteiger partial charge in [0.2, 0.25) is 5.91 Å². The number of carbonyl (C=O) groups excluding carboxylic acids is 1. The van der Waals surface area contributed by atoms with Crippen molar-refractivity contribution in [3.63, 3.8) is 0 Å². The Bertz CT molecular complexity index is 445. The molecule has 5 heteroatoms. The number of halogens is 1. The van der Waals surface area contributed by atoms with Gasteiger partial charge in [0.1, 0.15) is 5.82 Å². The zero-order valence-corrected chi connectivity index (χ0v) is 11.0. The summed E-state index contributed by atoms with van der Waals surface area (Å²) in [6.07, 6.45) is 0.879. The summed E-state index contributed by atoms with van der Waals surface area (Å²) in [5, 5.41) is 6.05. The van der Waals surface area contributed by atoms with Gasteiger partial charge in [-0.2, -0.15) is 0 Å². The number of benzene rings is 1. The van der Waals surface area contributed by atoms with Crippen molar-refractivity contribution in [2.45, 2.75) is 19.6 Å². The van der Waals surface area contributed by atoms with Crippen molar-refractivity contribution in [3.8, 4) is 0 Å². The fourth-order valence-electron chi connectivity index (χ4n) is 2.22. The van der Waals surface area contributed by atoms with Gasteiger partial charge >= 0.3 is 0 Å². The molecule has 1 unspecified atom stereocenters. The Kier molecular flexibility index (Phi) is 4.87. The standard InChI is InChI=1S/C14H19FN2O2/c1-19-9-12-6-10(2-3-13(12)15)7-17-14(18)11-4-5-16-8-11/h2-3,6,11,16H,4-5,7-9H2,1H3,(H,17,18). The highest BCUT2D eigenvalue weighted by Crippen LogP contribution is 2.12. The molecule has 19 heavy (non-hydrogen) atoms. The average molecular weight is 266 g/mol. The molecule has 1 aromatic carbocycles. The summed E-state index contributed by atoms with van der Waals surface area (Å²) < 4.78 is 18.4. The first kappa shape index (κ1) is 14.0. The van der Waals surface area contributed by atoms with Crippen LogP contribution in [0.2, 0.25) is 0 Å². The topological polar surface area (TPSA) is 50.4 Å². The summed E-state index contributed by atoms with van der Waals surface area (Å²) in [4.78, 5) is 11.8. The molecule has 1 aliphatic heterocycles. The highest BCUT2D eigenvalue weighted by Gasteiger charge is 2.21. The lowest BCUT2D eigenvalue weighted by atomic mass is 10.1. The zero-order chi connectivity index (χ0) is 13.7. The van der Waals surface area contributed by atoms with Gasteiger partial charge in [0.15, 0.2) is 0 Å². The van der Waals surface area contributed by atoms with Gasteiger partial charge in [0.05, 0.1) is 12.5 Å². The number of ether oxygens (including phenoxy) is 1. The SMILES string of the molecule is COCc1cc(CNC(=O)C2CCNC2)ccc1F. The first-order valence-corrected chi connectivity index (χ1v) is 6.45. The summed E-state index contributed by atoms with van der Waals surface area (Å²) >= 11 is 0. The molecule has 1 aliphatic rings. The van der Waals surface area contributed by atoms with E-state index in [1.54, 1.807) is 12.1 Å². The van der Waals surface area contributed by atoms with E-state index in [2.05, 4.69) is 10.6 Å². The number of nitrogens with one attached hydrogen (secondary N) is 2. The van der Waals surface area contributed by atoms with Crippen LogP contribution >= 0.6 is 0 Å². The van der Waals surface area contributed by atoms with E-state index in [4.69, 9.17) is 4.74 Å². The molecular weight excluding hydrogens is 247 g/mol. The van der Waals surface area contributed by atoms with Crippen molar-refractivity contribution in [1.82, 2.24) is 10.6 Å². The Morgan fingerprint density at radius 2 is 2.42 bits per heavy atom. The number of carbonyl (C=O) groups is 1. The van der Waals surface area contributed by atoms with Crippen LogP contribution in [0.1, 0.15) is 17.5 Å². The van der Waals surface area contributed by atoms with Crippen molar-refractivity contribution in [1.29, 1.82) is 0 Å². The fourth-order valence-corrected chi connectivity index (χ4v) is 2.22. The first-order valence-electron chi connectivity index (χ1n) is 6.45. The van der Waals surface area contributed by atoms with Crippen molar-refractivity contribution < 1.29 is 13.9 Å². The fraction of sp³-hybridized carbons (Fsp3) is 0.500. The maximum atomic E-state index is 13.4. The predicted molar refractivity (Wildman–Crippen MR) is 69.9 cm³/mol. The number of rotatable bonds is 5. The van der Waals surface area contributed by atoms with Crippen LogP contribution in [-0.4, -0.2) is 26.1 Å². The van der Waals surface area contributed by atoms with Crippen LogP contribution in [0.3, 0.4) is 0 Å². The molecule has 0 bridgehead atoms. The Balaban J connectivity index is 1.91. The highest BCUT2D eigenvalue weighted by atomic mass is 19.1. The Morgan fingerprint density at radius 1 is 1.58 bits per heavy atom. The Morgan fingerprint density at radius 3 is 3.11 bits per heavy atom. The molecule has 0 aromatic heterocycles. The molecule has 1 atom stereocenters. The van der Waals surface area contributed by atoms with E-state index in [1.165, 1.54) is 13.2 Å². The maximum Gasteiger partial charge on any atom is 0.224 e. The zero-order valence-electron chi connectivity index (χ0n) is 11.0. The van der Waals surface area contributed by atoms with Gasteiger partial charge in [0.25, 0.3) is 0 Å². The summed E-state index contributed by atoms with van der Waals surface area (Å²) in [6, 6.07) is 4.82. The minimum absolute atomic E-state index is 0.0545. The molecule has 1 amide bonds. The monoisotopic (exact) mass is 266 g/mol. The molecule has 1 heterocycles. The Labute approximate surface area is 112 Å². The second-order valence-corrected chi connectivity index (χ2v) is 4.77. The number of amides is 1. The van der Waals surface area contributed by atoms with E-state index < -0.39 is 0 Å². The van der Waals surface area contributed by atoms with Gasteiger partial charge in [-0.1, -0.05) is 6.07 Å². The largest absolute Gasteiger partial charge is 0.380 e. The quantitative estimate of drug-likeness (QED) is 0.842. The average Bonchev–Trinajstić information content (AvgIpc) is 2.93. The molecular formula is C14H19FN2O2. The van der Waals surface area contributed by atoms with E-state index in [0.29, 0.717) is 12.1 Å². The van der Waals surface area contributed by atoms with Crippen molar-refractivity contribution in [3.05, 3.63) is 35.1 Å². The van der Waals surface area contributed by atoms with Crippen LogP contribution in [0, 0.1) is 11.7 Å². The van der Waals surface area contributed by atoms with E-state index in [-0.39, 0.29) is 24.2 Å². The van der Waals surface area contributed by atoms with Crippen molar-refractivity contribution >= 4 is 5.91 Å². The molecule has 1 aromatic rings. The number of methoxy groups -OCH3 is 1. The Hall–Kier alpha value is -1.46. The molecule has 104 valence electrons. The summed E-state index contributed by atoms with van der Waals surface area (Å²) in [6.45, 7) is 2.29. The smallest absolute Gasteiger partial charge is 0.224 e. The highest BCUT2D eigenvalue weighted by molar-refractivity contribution is 5.79. The molecule has 0 spiro atoms. The molecule has 0 saturated carbocycles. The minimum atomic E-state index is -0.281. The number of hydrogen-bond acceptors (Lipinski definition) is 3. The second-order valence-electron chi connectivity index (χ2n) is 4.77. The van der Waals surface area contributed by atoms with E-state index in [1.807, 2.05) is 0 Å². The normalized spacial score (nSPS) is 18.5.